The molecule has 2 N–H and O–H groups in total. The predicted molar refractivity (Wildman–Crippen MR) is 95.1 cm³/mol. The molecule has 0 bridgehead atoms. The SMILES string of the molecule is CCOC(=O)C(N)Cc1ccccc1OCCN1CCCCC1C. The van der Waals surface area contributed by atoms with E-state index in [-0.39, 0.29) is 5.97 Å². The zero-order valence-electron chi connectivity index (χ0n) is 14.9. The Morgan fingerprint density at radius 2 is 2.17 bits per heavy atom. The summed E-state index contributed by atoms with van der Waals surface area (Å²) in [5.74, 6) is 0.441. The minimum absolute atomic E-state index is 0.346. The van der Waals surface area contributed by atoms with Gasteiger partial charge in [0.25, 0.3) is 0 Å². The lowest BCUT2D eigenvalue weighted by atomic mass is 10.0. The van der Waals surface area contributed by atoms with Crippen molar-refractivity contribution >= 4 is 5.97 Å². The smallest absolute Gasteiger partial charge is 0.323 e. The van der Waals surface area contributed by atoms with E-state index in [0.29, 0.717) is 25.7 Å². The van der Waals surface area contributed by atoms with Gasteiger partial charge in [0.05, 0.1) is 6.61 Å². The molecular formula is C19H30N2O3. The van der Waals surface area contributed by atoms with E-state index in [2.05, 4.69) is 11.8 Å². The molecule has 0 amide bonds. The lowest BCUT2D eigenvalue weighted by molar-refractivity contribution is -0.144. The summed E-state index contributed by atoms with van der Waals surface area (Å²) in [6, 6.07) is 7.75. The van der Waals surface area contributed by atoms with Crippen LogP contribution >= 0.6 is 0 Å². The first-order valence-electron chi connectivity index (χ1n) is 8.98. The van der Waals surface area contributed by atoms with Gasteiger partial charge in [-0.15, -0.1) is 0 Å². The van der Waals surface area contributed by atoms with Gasteiger partial charge in [-0.3, -0.25) is 9.69 Å². The number of ether oxygens (including phenoxy) is 2. The summed E-state index contributed by atoms with van der Waals surface area (Å²) in [6.45, 7) is 7.14. The fourth-order valence-corrected chi connectivity index (χ4v) is 3.15. The highest BCUT2D eigenvalue weighted by Gasteiger charge is 2.19. The van der Waals surface area contributed by atoms with E-state index < -0.39 is 6.04 Å². The van der Waals surface area contributed by atoms with Gasteiger partial charge in [-0.05, 0) is 44.9 Å². The van der Waals surface area contributed by atoms with Crippen molar-refractivity contribution in [2.24, 2.45) is 5.73 Å². The number of hydrogen-bond donors (Lipinski definition) is 1. The van der Waals surface area contributed by atoms with E-state index in [0.717, 1.165) is 24.4 Å². The van der Waals surface area contributed by atoms with Crippen LogP contribution in [-0.4, -0.2) is 49.3 Å². The zero-order chi connectivity index (χ0) is 17.4. The van der Waals surface area contributed by atoms with Crippen molar-refractivity contribution in [3.05, 3.63) is 29.8 Å². The molecule has 1 aliphatic rings. The van der Waals surface area contributed by atoms with E-state index in [1.807, 2.05) is 24.3 Å². The lowest BCUT2D eigenvalue weighted by Gasteiger charge is -2.33. The molecule has 0 radical (unpaired) electrons. The van der Waals surface area contributed by atoms with E-state index in [4.69, 9.17) is 15.2 Å². The number of para-hydroxylation sites is 1. The maximum absolute atomic E-state index is 11.7. The minimum Gasteiger partial charge on any atom is -0.492 e. The number of piperidine rings is 1. The second-order valence-electron chi connectivity index (χ2n) is 6.40. The first-order valence-corrected chi connectivity index (χ1v) is 8.98. The first kappa shape index (κ1) is 18.7. The van der Waals surface area contributed by atoms with Crippen LogP contribution in [-0.2, 0) is 16.0 Å². The first-order chi connectivity index (χ1) is 11.6. The van der Waals surface area contributed by atoms with Gasteiger partial charge in [0.15, 0.2) is 0 Å². The Kier molecular flexibility index (Phi) is 7.53. The Balaban J connectivity index is 1.87. The Labute approximate surface area is 145 Å². The predicted octanol–water partition coefficient (Wildman–Crippen LogP) is 2.37. The molecule has 1 fully saturated rings. The standard InChI is InChI=1S/C19H30N2O3/c1-3-23-19(22)17(20)14-16-9-4-5-10-18(16)24-13-12-21-11-7-6-8-15(21)2/h4-5,9-10,15,17H,3,6-8,11-14,20H2,1-2H3. The number of likely N-dealkylation sites (tertiary alicyclic amines) is 1. The number of hydrogen-bond acceptors (Lipinski definition) is 5. The fourth-order valence-electron chi connectivity index (χ4n) is 3.15. The topological polar surface area (TPSA) is 64.8 Å². The number of esters is 1. The molecule has 134 valence electrons. The molecular weight excluding hydrogens is 304 g/mol. The van der Waals surface area contributed by atoms with Crippen molar-refractivity contribution in [2.75, 3.05) is 26.3 Å². The monoisotopic (exact) mass is 334 g/mol. The summed E-state index contributed by atoms with van der Waals surface area (Å²) in [5.41, 5.74) is 6.88. The van der Waals surface area contributed by atoms with Crippen LogP contribution in [0, 0.1) is 0 Å². The van der Waals surface area contributed by atoms with Crippen LogP contribution in [0.25, 0.3) is 0 Å². The van der Waals surface area contributed by atoms with Crippen LogP contribution in [0.2, 0.25) is 0 Å². The molecule has 0 saturated carbocycles. The van der Waals surface area contributed by atoms with Gasteiger partial charge in [0.1, 0.15) is 18.4 Å². The second-order valence-corrected chi connectivity index (χ2v) is 6.40. The van der Waals surface area contributed by atoms with Crippen molar-refractivity contribution in [3.8, 4) is 5.75 Å². The van der Waals surface area contributed by atoms with Crippen LogP contribution in [0.1, 0.15) is 38.7 Å². The van der Waals surface area contributed by atoms with Gasteiger partial charge in [0.2, 0.25) is 0 Å². The highest BCUT2D eigenvalue weighted by molar-refractivity contribution is 5.76. The summed E-state index contributed by atoms with van der Waals surface area (Å²) < 4.78 is 11.0. The average Bonchev–Trinajstić information content (AvgIpc) is 2.58. The second kappa shape index (κ2) is 9.64. The lowest BCUT2D eigenvalue weighted by Crippen LogP contribution is -2.40. The van der Waals surface area contributed by atoms with Crippen molar-refractivity contribution in [3.63, 3.8) is 0 Å². The number of nitrogens with two attached hydrogens (primary N) is 1. The summed E-state index contributed by atoms with van der Waals surface area (Å²) in [7, 11) is 0. The number of nitrogens with zero attached hydrogens (tertiary/aromatic N) is 1. The Bertz CT molecular complexity index is 521. The van der Waals surface area contributed by atoms with Crippen LogP contribution in [0.4, 0.5) is 0 Å². The van der Waals surface area contributed by atoms with Gasteiger partial charge >= 0.3 is 5.97 Å². The third kappa shape index (κ3) is 5.49. The van der Waals surface area contributed by atoms with Crippen molar-refractivity contribution < 1.29 is 14.3 Å². The highest BCUT2D eigenvalue weighted by atomic mass is 16.5. The number of rotatable bonds is 8. The van der Waals surface area contributed by atoms with E-state index in [1.54, 1.807) is 6.92 Å². The Morgan fingerprint density at radius 1 is 1.38 bits per heavy atom. The molecule has 1 aliphatic heterocycles. The summed E-state index contributed by atoms with van der Waals surface area (Å²) in [4.78, 5) is 14.2. The minimum atomic E-state index is -0.656. The molecule has 0 aliphatic carbocycles. The molecule has 2 rings (SSSR count). The van der Waals surface area contributed by atoms with Gasteiger partial charge in [0, 0.05) is 19.0 Å². The van der Waals surface area contributed by atoms with Gasteiger partial charge in [-0.25, -0.2) is 0 Å². The molecule has 1 aromatic carbocycles. The molecule has 24 heavy (non-hydrogen) atoms. The maximum atomic E-state index is 11.7. The van der Waals surface area contributed by atoms with E-state index in [1.165, 1.54) is 19.3 Å². The third-order valence-corrected chi connectivity index (χ3v) is 4.58. The van der Waals surface area contributed by atoms with Crippen LogP contribution in [0.3, 0.4) is 0 Å². The molecule has 5 heteroatoms. The molecule has 2 unspecified atom stereocenters. The van der Waals surface area contributed by atoms with Crippen LogP contribution in [0.5, 0.6) is 5.75 Å². The molecule has 2 atom stereocenters. The number of carbonyl (C=O) groups excluding carboxylic acids is 1. The molecule has 1 heterocycles. The Hall–Kier alpha value is -1.59. The number of benzene rings is 1. The van der Waals surface area contributed by atoms with E-state index in [9.17, 15) is 4.79 Å². The zero-order valence-corrected chi connectivity index (χ0v) is 14.9. The van der Waals surface area contributed by atoms with Crippen LogP contribution < -0.4 is 10.5 Å². The average molecular weight is 334 g/mol. The summed E-state index contributed by atoms with van der Waals surface area (Å²) in [5, 5.41) is 0. The van der Waals surface area contributed by atoms with Gasteiger partial charge < -0.3 is 15.2 Å². The van der Waals surface area contributed by atoms with Crippen molar-refractivity contribution in [2.45, 2.75) is 51.6 Å². The van der Waals surface area contributed by atoms with Crippen LogP contribution in [0.15, 0.2) is 24.3 Å². The van der Waals surface area contributed by atoms with Gasteiger partial charge in [-0.1, -0.05) is 24.6 Å². The maximum Gasteiger partial charge on any atom is 0.323 e. The normalized spacial score (nSPS) is 19.7. The summed E-state index contributed by atoms with van der Waals surface area (Å²) >= 11 is 0. The third-order valence-electron chi connectivity index (χ3n) is 4.58. The quantitative estimate of drug-likeness (QED) is 0.740. The molecule has 0 aromatic heterocycles. The van der Waals surface area contributed by atoms with Crippen molar-refractivity contribution in [1.82, 2.24) is 4.90 Å². The van der Waals surface area contributed by atoms with Crippen molar-refractivity contribution in [1.29, 1.82) is 0 Å². The molecule has 1 aromatic rings. The highest BCUT2D eigenvalue weighted by Crippen LogP contribution is 2.20. The largest absolute Gasteiger partial charge is 0.492 e. The fraction of sp³-hybridized carbons (Fsp3) is 0.632. The molecule has 5 nitrogen and oxygen atoms in total. The van der Waals surface area contributed by atoms with Gasteiger partial charge in [-0.2, -0.15) is 0 Å². The van der Waals surface area contributed by atoms with E-state index >= 15 is 0 Å². The number of carbonyl (C=O) groups is 1. The molecule has 1 saturated heterocycles. The Morgan fingerprint density at radius 3 is 2.92 bits per heavy atom. The summed E-state index contributed by atoms with van der Waals surface area (Å²) in [6.07, 6.45) is 4.29. The molecule has 0 spiro atoms.